The molecule has 0 aliphatic carbocycles. The van der Waals surface area contributed by atoms with Crippen molar-refractivity contribution in [2.75, 3.05) is 19.6 Å². The summed E-state index contributed by atoms with van der Waals surface area (Å²) in [5.74, 6) is -1.66. The van der Waals surface area contributed by atoms with Crippen LogP contribution < -0.4 is 0 Å². The van der Waals surface area contributed by atoms with Gasteiger partial charge >= 0.3 is 12.0 Å². The number of carboxylic acid groups (broad SMARTS) is 1. The number of carbonyl (C=O) groups excluding carboxylic acids is 3. The third-order valence-electron chi connectivity index (χ3n) is 4.93. The lowest BCUT2D eigenvalue weighted by atomic mass is 10.1. The molecule has 138 valence electrons. The van der Waals surface area contributed by atoms with Gasteiger partial charge in [0, 0.05) is 19.5 Å². The summed E-state index contributed by atoms with van der Waals surface area (Å²) in [5.41, 5.74) is 0.864. The number of nitrogens with zero attached hydrogens (tertiary/aromatic N) is 3. The zero-order valence-corrected chi connectivity index (χ0v) is 14.5. The largest absolute Gasteiger partial charge is 0.481 e. The maximum atomic E-state index is 12.8. The lowest BCUT2D eigenvalue weighted by Gasteiger charge is -2.35. The van der Waals surface area contributed by atoms with E-state index in [9.17, 15) is 19.2 Å². The van der Waals surface area contributed by atoms with E-state index in [4.69, 9.17) is 5.11 Å². The van der Waals surface area contributed by atoms with Gasteiger partial charge in [-0.2, -0.15) is 0 Å². The van der Waals surface area contributed by atoms with Crippen LogP contribution in [0, 0.1) is 0 Å². The van der Waals surface area contributed by atoms with Crippen LogP contribution in [0.25, 0.3) is 0 Å². The van der Waals surface area contributed by atoms with Crippen molar-refractivity contribution in [2.45, 2.75) is 31.8 Å². The van der Waals surface area contributed by atoms with E-state index in [1.165, 1.54) is 14.7 Å². The summed E-state index contributed by atoms with van der Waals surface area (Å²) in [7, 11) is 0. The monoisotopic (exact) mass is 359 g/mol. The van der Waals surface area contributed by atoms with Crippen LogP contribution in [0.4, 0.5) is 4.79 Å². The molecule has 8 nitrogen and oxygen atoms in total. The Balaban J connectivity index is 1.72. The SMILES string of the molecule is C[C@H](c1ccccc1)N1C(=O)[C@@H]2CN(C(=O)CCC(=O)O)CCN2C1=O. The normalized spacial score (nSPS) is 21.0. The molecule has 0 aromatic heterocycles. The first kappa shape index (κ1) is 17.9. The molecule has 2 heterocycles. The Labute approximate surface area is 151 Å². The number of piperazine rings is 1. The summed E-state index contributed by atoms with van der Waals surface area (Å²) in [6, 6.07) is 7.88. The van der Waals surface area contributed by atoms with Crippen LogP contribution in [-0.2, 0) is 14.4 Å². The molecule has 2 saturated heterocycles. The van der Waals surface area contributed by atoms with E-state index in [0.717, 1.165) is 5.56 Å². The van der Waals surface area contributed by atoms with E-state index >= 15 is 0 Å². The molecule has 1 aromatic rings. The molecule has 0 radical (unpaired) electrons. The Kier molecular flexibility index (Phi) is 4.92. The highest BCUT2D eigenvalue weighted by Crippen LogP contribution is 2.30. The molecule has 2 aliphatic heterocycles. The number of imide groups is 1. The maximum Gasteiger partial charge on any atom is 0.328 e. The molecule has 3 rings (SSSR count). The van der Waals surface area contributed by atoms with Crippen molar-refractivity contribution in [3.05, 3.63) is 35.9 Å². The Bertz CT molecular complexity index is 736. The summed E-state index contributed by atoms with van der Waals surface area (Å²) in [6.07, 6.45) is -0.345. The highest BCUT2D eigenvalue weighted by Gasteiger charge is 2.49. The van der Waals surface area contributed by atoms with Crippen molar-refractivity contribution in [3.8, 4) is 0 Å². The molecular formula is C18H21N3O5. The highest BCUT2D eigenvalue weighted by atomic mass is 16.4. The first-order valence-electron chi connectivity index (χ1n) is 8.58. The van der Waals surface area contributed by atoms with Gasteiger partial charge in [0.2, 0.25) is 5.91 Å². The van der Waals surface area contributed by atoms with Gasteiger partial charge in [0.15, 0.2) is 0 Å². The number of fused-ring (bicyclic) bond motifs is 1. The molecule has 0 spiro atoms. The van der Waals surface area contributed by atoms with E-state index in [1.807, 2.05) is 30.3 Å². The number of urea groups is 1. The minimum Gasteiger partial charge on any atom is -0.481 e. The van der Waals surface area contributed by atoms with Crippen LogP contribution in [0.15, 0.2) is 30.3 Å². The van der Waals surface area contributed by atoms with Gasteiger partial charge in [-0.1, -0.05) is 30.3 Å². The molecule has 0 bridgehead atoms. The number of rotatable bonds is 5. The highest BCUT2D eigenvalue weighted by molar-refractivity contribution is 6.05. The molecule has 8 heteroatoms. The zero-order valence-electron chi connectivity index (χ0n) is 14.5. The molecular weight excluding hydrogens is 338 g/mol. The molecule has 1 N–H and O–H groups in total. The van der Waals surface area contributed by atoms with Crippen molar-refractivity contribution < 1.29 is 24.3 Å². The van der Waals surface area contributed by atoms with E-state index in [1.54, 1.807) is 6.92 Å². The van der Waals surface area contributed by atoms with Crippen molar-refractivity contribution in [2.24, 2.45) is 0 Å². The van der Waals surface area contributed by atoms with Gasteiger partial charge in [-0.3, -0.25) is 19.3 Å². The first-order chi connectivity index (χ1) is 12.4. The Hall–Kier alpha value is -2.90. The topological polar surface area (TPSA) is 98.2 Å². The first-order valence-corrected chi connectivity index (χ1v) is 8.58. The van der Waals surface area contributed by atoms with Crippen LogP contribution in [0.1, 0.15) is 31.4 Å². The summed E-state index contributed by atoms with van der Waals surface area (Å²) < 4.78 is 0. The van der Waals surface area contributed by atoms with E-state index in [0.29, 0.717) is 6.54 Å². The number of benzene rings is 1. The average molecular weight is 359 g/mol. The van der Waals surface area contributed by atoms with Crippen LogP contribution in [0.5, 0.6) is 0 Å². The fraction of sp³-hybridized carbons (Fsp3) is 0.444. The van der Waals surface area contributed by atoms with Gasteiger partial charge in [0.05, 0.1) is 19.0 Å². The molecule has 0 unspecified atom stereocenters. The number of carboxylic acids is 1. The van der Waals surface area contributed by atoms with Crippen LogP contribution in [0.3, 0.4) is 0 Å². The predicted molar refractivity (Wildman–Crippen MR) is 91.0 cm³/mol. The van der Waals surface area contributed by atoms with Crippen molar-refractivity contribution in [3.63, 3.8) is 0 Å². The smallest absolute Gasteiger partial charge is 0.328 e. The Morgan fingerprint density at radius 3 is 2.50 bits per heavy atom. The number of carbonyl (C=O) groups is 4. The standard InChI is InChI=1S/C18H21N3O5/c1-12(13-5-3-2-4-6-13)21-17(25)14-11-19(9-10-20(14)18(21)26)15(22)7-8-16(23)24/h2-6,12,14H,7-11H2,1H3,(H,23,24)/t12-,14+/m1/s1. The minimum atomic E-state index is -1.04. The van der Waals surface area contributed by atoms with Gasteiger partial charge < -0.3 is 14.9 Å². The fourth-order valence-corrected chi connectivity index (χ4v) is 3.45. The second-order valence-corrected chi connectivity index (χ2v) is 6.52. The van der Waals surface area contributed by atoms with Crippen LogP contribution >= 0.6 is 0 Å². The number of hydrogen-bond acceptors (Lipinski definition) is 4. The molecule has 0 saturated carbocycles. The van der Waals surface area contributed by atoms with E-state index in [2.05, 4.69) is 0 Å². The summed E-state index contributed by atoms with van der Waals surface area (Å²) >= 11 is 0. The Morgan fingerprint density at radius 2 is 1.85 bits per heavy atom. The average Bonchev–Trinajstić information content (AvgIpc) is 2.90. The summed E-state index contributed by atoms with van der Waals surface area (Å²) in [5, 5.41) is 8.71. The minimum absolute atomic E-state index is 0.103. The van der Waals surface area contributed by atoms with Gasteiger partial charge in [-0.15, -0.1) is 0 Å². The zero-order chi connectivity index (χ0) is 18.8. The van der Waals surface area contributed by atoms with Crippen molar-refractivity contribution in [1.82, 2.24) is 14.7 Å². The predicted octanol–water partition coefficient (Wildman–Crippen LogP) is 1.09. The molecule has 1 aromatic carbocycles. The maximum absolute atomic E-state index is 12.8. The second-order valence-electron chi connectivity index (χ2n) is 6.52. The third kappa shape index (κ3) is 3.26. The third-order valence-corrected chi connectivity index (χ3v) is 4.93. The lowest BCUT2D eigenvalue weighted by Crippen LogP contribution is -2.54. The summed E-state index contributed by atoms with van der Waals surface area (Å²) in [4.78, 5) is 52.6. The van der Waals surface area contributed by atoms with Crippen LogP contribution in [0.2, 0.25) is 0 Å². The summed E-state index contributed by atoms with van der Waals surface area (Å²) in [6.45, 7) is 2.49. The van der Waals surface area contributed by atoms with Gasteiger partial charge in [0.1, 0.15) is 6.04 Å². The van der Waals surface area contributed by atoms with Crippen molar-refractivity contribution >= 4 is 23.8 Å². The second kappa shape index (κ2) is 7.15. The van der Waals surface area contributed by atoms with E-state index in [-0.39, 0.29) is 43.8 Å². The van der Waals surface area contributed by atoms with Gasteiger partial charge in [-0.25, -0.2) is 4.79 Å². The number of aliphatic carboxylic acids is 1. The van der Waals surface area contributed by atoms with E-state index < -0.39 is 18.1 Å². The fourth-order valence-electron chi connectivity index (χ4n) is 3.45. The molecule has 2 atom stereocenters. The van der Waals surface area contributed by atoms with Gasteiger partial charge in [-0.05, 0) is 12.5 Å². The number of amides is 4. The quantitative estimate of drug-likeness (QED) is 0.794. The molecule has 4 amide bonds. The van der Waals surface area contributed by atoms with Crippen LogP contribution in [-0.4, -0.2) is 69.3 Å². The molecule has 2 aliphatic rings. The van der Waals surface area contributed by atoms with Gasteiger partial charge in [0.25, 0.3) is 5.91 Å². The number of hydrogen-bond donors (Lipinski definition) is 1. The lowest BCUT2D eigenvalue weighted by molar-refractivity contribution is -0.142. The molecule has 26 heavy (non-hydrogen) atoms. The Morgan fingerprint density at radius 1 is 1.15 bits per heavy atom. The van der Waals surface area contributed by atoms with Crippen molar-refractivity contribution in [1.29, 1.82) is 0 Å². The molecule has 2 fully saturated rings.